The molecule has 3 aliphatic rings. The molecular formula is C20H24F3N3O3. The Bertz CT molecular complexity index is 862. The number of halogens is 3. The lowest BCUT2D eigenvalue weighted by Gasteiger charge is -2.46. The van der Waals surface area contributed by atoms with E-state index in [4.69, 9.17) is 4.74 Å². The van der Waals surface area contributed by atoms with Gasteiger partial charge in [-0.05, 0) is 55.4 Å². The second kappa shape index (κ2) is 6.62. The summed E-state index contributed by atoms with van der Waals surface area (Å²) in [5.41, 5.74) is -0.207. The van der Waals surface area contributed by atoms with Crippen LogP contribution < -0.4 is 10.1 Å². The fraction of sp³-hybridized carbons (Fsp3) is 0.600. The molecule has 2 spiro atoms. The molecule has 1 amide bonds. The maximum atomic E-state index is 13.6. The second-order valence-electron chi connectivity index (χ2n) is 8.05. The minimum absolute atomic E-state index is 0.124. The van der Waals surface area contributed by atoms with Gasteiger partial charge < -0.3 is 14.8 Å². The van der Waals surface area contributed by atoms with E-state index in [2.05, 4.69) is 15.0 Å². The lowest BCUT2D eigenvalue weighted by Crippen LogP contribution is -2.56. The number of fused-ring (bicyclic) bond motifs is 3. The largest absolute Gasteiger partial charge is 0.573 e. The average Bonchev–Trinajstić information content (AvgIpc) is 3.09. The summed E-state index contributed by atoms with van der Waals surface area (Å²) in [6.45, 7) is 0. The summed E-state index contributed by atoms with van der Waals surface area (Å²) in [5.74, 6) is -0.104. The molecule has 2 aliphatic carbocycles. The number of hydrogen-bond donors (Lipinski definition) is 1. The SMILES string of the molecule is CN=C1NC2(C(=O)N1C)c1cc(OC(F)(F)F)ccc1CC21CCC(OC)CC1. The van der Waals surface area contributed by atoms with E-state index in [1.54, 1.807) is 27.3 Å². The molecule has 1 saturated carbocycles. The van der Waals surface area contributed by atoms with Crippen molar-refractivity contribution < 1.29 is 27.4 Å². The fourth-order valence-corrected chi connectivity index (χ4v) is 5.37. The molecule has 1 heterocycles. The highest BCUT2D eigenvalue weighted by atomic mass is 19.4. The third-order valence-electron chi connectivity index (χ3n) is 6.72. The van der Waals surface area contributed by atoms with Crippen molar-refractivity contribution in [3.05, 3.63) is 29.3 Å². The number of alkyl halides is 3. The third kappa shape index (κ3) is 2.89. The van der Waals surface area contributed by atoms with Gasteiger partial charge in [0.15, 0.2) is 5.54 Å². The fourth-order valence-electron chi connectivity index (χ4n) is 5.37. The zero-order valence-corrected chi connectivity index (χ0v) is 16.6. The number of nitrogens with zero attached hydrogens (tertiary/aromatic N) is 2. The Morgan fingerprint density at radius 2 is 1.97 bits per heavy atom. The van der Waals surface area contributed by atoms with Crippen LogP contribution in [0, 0.1) is 5.41 Å². The zero-order chi connectivity index (χ0) is 21.0. The van der Waals surface area contributed by atoms with E-state index in [0.717, 1.165) is 31.2 Å². The van der Waals surface area contributed by atoms with Crippen LogP contribution in [0.3, 0.4) is 0 Å². The van der Waals surface area contributed by atoms with Gasteiger partial charge in [0.25, 0.3) is 5.91 Å². The van der Waals surface area contributed by atoms with E-state index < -0.39 is 17.3 Å². The first-order chi connectivity index (χ1) is 13.7. The first-order valence-electron chi connectivity index (χ1n) is 9.61. The summed E-state index contributed by atoms with van der Waals surface area (Å²) >= 11 is 0. The van der Waals surface area contributed by atoms with Crippen LogP contribution in [0.1, 0.15) is 36.8 Å². The van der Waals surface area contributed by atoms with Gasteiger partial charge >= 0.3 is 6.36 Å². The van der Waals surface area contributed by atoms with E-state index in [-0.39, 0.29) is 17.8 Å². The van der Waals surface area contributed by atoms with E-state index >= 15 is 0 Å². The Kier molecular flexibility index (Phi) is 4.56. The quantitative estimate of drug-likeness (QED) is 0.813. The van der Waals surface area contributed by atoms with Gasteiger partial charge in [-0.15, -0.1) is 13.2 Å². The summed E-state index contributed by atoms with van der Waals surface area (Å²) in [5, 5.41) is 3.30. The van der Waals surface area contributed by atoms with Crippen molar-refractivity contribution in [3.8, 4) is 5.75 Å². The van der Waals surface area contributed by atoms with Crippen LogP contribution in [0.2, 0.25) is 0 Å². The summed E-state index contributed by atoms with van der Waals surface area (Å²) < 4.78 is 48.1. The van der Waals surface area contributed by atoms with Gasteiger partial charge in [-0.25, -0.2) is 0 Å². The van der Waals surface area contributed by atoms with Crippen LogP contribution in [0.15, 0.2) is 23.2 Å². The zero-order valence-electron chi connectivity index (χ0n) is 16.6. The highest BCUT2D eigenvalue weighted by Crippen LogP contribution is 2.60. The van der Waals surface area contributed by atoms with Gasteiger partial charge in [0.05, 0.1) is 6.10 Å². The number of methoxy groups -OCH3 is 1. The molecular weight excluding hydrogens is 387 g/mol. The van der Waals surface area contributed by atoms with Gasteiger partial charge in [0.1, 0.15) is 5.75 Å². The molecule has 0 bridgehead atoms. The van der Waals surface area contributed by atoms with Gasteiger partial charge in [0.2, 0.25) is 5.96 Å². The average molecular weight is 411 g/mol. The van der Waals surface area contributed by atoms with Crippen molar-refractivity contribution in [3.63, 3.8) is 0 Å². The van der Waals surface area contributed by atoms with Crippen molar-refractivity contribution in [2.75, 3.05) is 21.2 Å². The first kappa shape index (κ1) is 20.0. The van der Waals surface area contributed by atoms with Crippen LogP contribution >= 0.6 is 0 Å². The topological polar surface area (TPSA) is 63.2 Å². The first-order valence-corrected chi connectivity index (χ1v) is 9.61. The number of benzene rings is 1. The molecule has 158 valence electrons. The van der Waals surface area contributed by atoms with Crippen molar-refractivity contribution >= 4 is 11.9 Å². The van der Waals surface area contributed by atoms with E-state index in [0.29, 0.717) is 17.9 Å². The van der Waals surface area contributed by atoms with Crippen molar-refractivity contribution in [1.29, 1.82) is 0 Å². The van der Waals surface area contributed by atoms with Crippen LogP contribution in [-0.4, -0.2) is 50.4 Å². The molecule has 1 saturated heterocycles. The maximum absolute atomic E-state index is 13.6. The van der Waals surface area contributed by atoms with Crippen LogP contribution in [0.4, 0.5) is 13.2 Å². The van der Waals surface area contributed by atoms with Crippen LogP contribution in [0.25, 0.3) is 0 Å². The number of ether oxygens (including phenoxy) is 2. The molecule has 29 heavy (non-hydrogen) atoms. The Hall–Kier alpha value is -2.29. The van der Waals surface area contributed by atoms with Gasteiger partial charge in [-0.1, -0.05) is 6.07 Å². The minimum atomic E-state index is -4.80. The number of nitrogens with one attached hydrogen (secondary N) is 1. The predicted molar refractivity (Wildman–Crippen MR) is 99.5 cm³/mol. The molecule has 1 unspecified atom stereocenters. The molecule has 6 nitrogen and oxygen atoms in total. The Balaban J connectivity index is 1.84. The van der Waals surface area contributed by atoms with Crippen LogP contribution in [0.5, 0.6) is 5.75 Å². The van der Waals surface area contributed by atoms with E-state index in [1.807, 2.05) is 0 Å². The molecule has 1 N–H and O–H groups in total. The summed E-state index contributed by atoms with van der Waals surface area (Å²) in [4.78, 5) is 19.2. The minimum Gasteiger partial charge on any atom is -0.406 e. The van der Waals surface area contributed by atoms with Gasteiger partial charge in [-0.2, -0.15) is 0 Å². The molecule has 0 radical (unpaired) electrons. The van der Waals surface area contributed by atoms with Crippen LogP contribution in [-0.2, 0) is 21.5 Å². The Morgan fingerprint density at radius 3 is 2.52 bits per heavy atom. The standard InChI is InChI=1S/C20H24F3N3O3/c1-24-17-25-19(16(27)26(17)2)15-10-14(29-20(21,22)23)5-4-12(15)11-18(19)8-6-13(28-3)7-9-18/h4-5,10,13H,6-9,11H2,1-3H3,(H,24,25). The molecule has 1 aliphatic heterocycles. The highest BCUT2D eigenvalue weighted by molar-refractivity contribution is 6.10. The summed E-state index contributed by atoms with van der Waals surface area (Å²) in [6, 6.07) is 4.32. The third-order valence-corrected chi connectivity index (χ3v) is 6.72. The number of rotatable bonds is 2. The number of guanidine groups is 1. The summed E-state index contributed by atoms with van der Waals surface area (Å²) in [6.07, 6.45) is -1.05. The Morgan fingerprint density at radius 1 is 1.28 bits per heavy atom. The normalized spacial score (nSPS) is 32.9. The summed E-state index contributed by atoms with van der Waals surface area (Å²) in [7, 11) is 4.89. The van der Waals surface area contributed by atoms with E-state index in [9.17, 15) is 18.0 Å². The van der Waals surface area contributed by atoms with Gasteiger partial charge in [-0.3, -0.25) is 14.7 Å². The number of hydrogen-bond acceptors (Lipinski definition) is 4. The van der Waals surface area contributed by atoms with Crippen molar-refractivity contribution in [1.82, 2.24) is 10.2 Å². The molecule has 2 fully saturated rings. The van der Waals surface area contributed by atoms with Gasteiger partial charge in [0, 0.05) is 26.6 Å². The second-order valence-corrected chi connectivity index (χ2v) is 8.05. The monoisotopic (exact) mass is 411 g/mol. The highest BCUT2D eigenvalue weighted by Gasteiger charge is 2.67. The lowest BCUT2D eigenvalue weighted by atomic mass is 9.61. The van der Waals surface area contributed by atoms with Crippen molar-refractivity contribution in [2.45, 2.75) is 50.1 Å². The van der Waals surface area contributed by atoms with E-state index in [1.165, 1.54) is 17.0 Å². The number of amides is 1. The predicted octanol–water partition coefficient (Wildman–Crippen LogP) is 2.96. The van der Waals surface area contributed by atoms with Crippen molar-refractivity contribution in [2.24, 2.45) is 10.4 Å². The molecule has 0 aromatic heterocycles. The number of carbonyl (C=O) groups excluding carboxylic acids is 1. The number of likely N-dealkylation sites (N-methyl/N-ethyl adjacent to an activating group) is 1. The number of aliphatic imine (C=N–C) groups is 1. The smallest absolute Gasteiger partial charge is 0.406 e. The lowest BCUT2D eigenvalue weighted by molar-refractivity contribution is -0.274. The molecule has 1 aromatic rings. The number of carbonyl (C=O) groups is 1. The Labute approximate surface area is 167 Å². The maximum Gasteiger partial charge on any atom is 0.573 e. The molecule has 1 atom stereocenters. The molecule has 9 heteroatoms. The molecule has 1 aromatic carbocycles. The molecule has 4 rings (SSSR count).